The third-order valence-corrected chi connectivity index (χ3v) is 3.60. The fourth-order valence-electron chi connectivity index (χ4n) is 1.33. The lowest BCUT2D eigenvalue weighted by Gasteiger charge is -2.24. The van der Waals surface area contributed by atoms with Crippen molar-refractivity contribution in [1.82, 2.24) is 0 Å². The van der Waals surface area contributed by atoms with E-state index in [0.29, 0.717) is 11.0 Å². The van der Waals surface area contributed by atoms with Crippen LogP contribution in [0.25, 0.3) is 0 Å². The summed E-state index contributed by atoms with van der Waals surface area (Å²) in [6.07, 6.45) is 0. The van der Waals surface area contributed by atoms with E-state index >= 15 is 0 Å². The number of hydrogen-bond acceptors (Lipinski definition) is 3. The normalized spacial score (nSPS) is 16.1. The van der Waals surface area contributed by atoms with Gasteiger partial charge in [-0.25, -0.2) is 0 Å². The molecule has 0 unspecified atom stereocenters. The van der Waals surface area contributed by atoms with Crippen LogP contribution in [0.5, 0.6) is 0 Å². The van der Waals surface area contributed by atoms with Crippen molar-refractivity contribution in [3.63, 3.8) is 0 Å². The third-order valence-electron chi connectivity index (χ3n) is 2.43. The summed E-state index contributed by atoms with van der Waals surface area (Å²) in [6, 6.07) is 7.75. The molecule has 1 fully saturated rings. The largest absolute Gasteiger partial charge is 0.379 e. The first-order chi connectivity index (χ1) is 7.25. The molecule has 0 aromatic heterocycles. The van der Waals surface area contributed by atoms with Gasteiger partial charge in [0.25, 0.3) is 0 Å². The predicted molar refractivity (Wildman–Crippen MR) is 62.6 cm³/mol. The highest BCUT2D eigenvalue weighted by Gasteiger charge is 2.20. The first-order valence-electron chi connectivity index (χ1n) is 5.05. The maximum atomic E-state index is 11.7. The lowest BCUT2D eigenvalue weighted by molar-refractivity contribution is 0.0455. The van der Waals surface area contributed by atoms with Gasteiger partial charge in [0.2, 0.25) is 0 Å². The van der Waals surface area contributed by atoms with E-state index in [1.54, 1.807) is 11.8 Å². The van der Waals surface area contributed by atoms with Gasteiger partial charge in [0.05, 0.1) is 24.2 Å². The lowest BCUT2D eigenvalue weighted by atomic mass is 10.1. The Morgan fingerprint density at radius 2 is 2.07 bits per heavy atom. The third kappa shape index (κ3) is 2.83. The summed E-state index contributed by atoms with van der Waals surface area (Å²) in [5, 5.41) is 0.527. The summed E-state index contributed by atoms with van der Waals surface area (Å²) in [4.78, 5) is 11.7. The van der Waals surface area contributed by atoms with Gasteiger partial charge in [0.1, 0.15) is 0 Å². The van der Waals surface area contributed by atoms with Gasteiger partial charge in [0, 0.05) is 5.56 Å². The summed E-state index contributed by atoms with van der Waals surface area (Å²) in [6.45, 7) is 3.62. The van der Waals surface area contributed by atoms with Crippen molar-refractivity contribution in [1.29, 1.82) is 0 Å². The maximum absolute atomic E-state index is 11.7. The molecule has 2 rings (SSSR count). The number of rotatable bonds is 4. The molecule has 0 aliphatic carbocycles. The molecule has 80 valence electrons. The van der Waals surface area contributed by atoms with Crippen molar-refractivity contribution in [2.75, 3.05) is 19.0 Å². The number of aryl methyl sites for hydroxylation is 1. The number of hydrogen-bond donors (Lipinski definition) is 0. The smallest absolute Gasteiger partial charge is 0.172 e. The average molecular weight is 222 g/mol. The molecule has 0 N–H and O–H groups in total. The Morgan fingerprint density at radius 1 is 1.40 bits per heavy atom. The van der Waals surface area contributed by atoms with Crippen molar-refractivity contribution < 1.29 is 9.53 Å². The van der Waals surface area contributed by atoms with E-state index in [9.17, 15) is 4.79 Å². The Balaban J connectivity index is 1.86. The van der Waals surface area contributed by atoms with Crippen LogP contribution in [-0.2, 0) is 4.74 Å². The van der Waals surface area contributed by atoms with Crippen molar-refractivity contribution in [2.45, 2.75) is 12.2 Å². The Labute approximate surface area is 94.0 Å². The Kier molecular flexibility index (Phi) is 3.44. The molecule has 0 amide bonds. The molecule has 1 aliphatic rings. The molecule has 3 heteroatoms. The van der Waals surface area contributed by atoms with Gasteiger partial charge >= 0.3 is 0 Å². The molecule has 0 radical (unpaired) electrons. The number of thioether (sulfide) groups is 1. The molecule has 0 spiro atoms. The molecule has 0 atom stereocenters. The summed E-state index contributed by atoms with van der Waals surface area (Å²) in [7, 11) is 0. The zero-order chi connectivity index (χ0) is 10.7. The van der Waals surface area contributed by atoms with Crippen LogP contribution in [0.2, 0.25) is 0 Å². The van der Waals surface area contributed by atoms with Crippen molar-refractivity contribution in [2.24, 2.45) is 0 Å². The van der Waals surface area contributed by atoms with Gasteiger partial charge < -0.3 is 4.74 Å². The molecule has 0 saturated carbocycles. The minimum absolute atomic E-state index is 0.215. The summed E-state index contributed by atoms with van der Waals surface area (Å²) in [5.74, 6) is 0.781. The monoisotopic (exact) mass is 222 g/mol. The molecule has 2 nitrogen and oxygen atoms in total. The van der Waals surface area contributed by atoms with E-state index < -0.39 is 0 Å². The first kappa shape index (κ1) is 10.7. The van der Waals surface area contributed by atoms with Crippen LogP contribution in [0.1, 0.15) is 15.9 Å². The van der Waals surface area contributed by atoms with Crippen LogP contribution in [0.15, 0.2) is 24.3 Å². The number of benzene rings is 1. The van der Waals surface area contributed by atoms with Crippen molar-refractivity contribution in [3.8, 4) is 0 Å². The highest BCUT2D eigenvalue weighted by molar-refractivity contribution is 8.00. The van der Waals surface area contributed by atoms with Crippen molar-refractivity contribution >= 4 is 17.5 Å². The lowest BCUT2D eigenvalue weighted by Crippen LogP contribution is -2.31. The molecule has 1 aromatic rings. The van der Waals surface area contributed by atoms with E-state index in [-0.39, 0.29) is 5.78 Å². The molecular formula is C12H14O2S. The molecule has 1 saturated heterocycles. The fourth-order valence-corrected chi connectivity index (χ4v) is 2.27. The molecule has 1 aromatic carbocycles. The number of carbonyl (C=O) groups excluding carboxylic acids is 1. The topological polar surface area (TPSA) is 26.3 Å². The molecule has 1 heterocycles. The molecule has 0 bridgehead atoms. The van der Waals surface area contributed by atoms with Gasteiger partial charge in [0.15, 0.2) is 5.78 Å². The average Bonchev–Trinajstić information content (AvgIpc) is 2.16. The van der Waals surface area contributed by atoms with E-state index in [0.717, 1.165) is 18.8 Å². The Morgan fingerprint density at radius 3 is 2.60 bits per heavy atom. The van der Waals surface area contributed by atoms with Crippen LogP contribution in [0, 0.1) is 6.92 Å². The quantitative estimate of drug-likeness (QED) is 0.731. The summed E-state index contributed by atoms with van der Waals surface area (Å²) in [5.41, 5.74) is 2.00. The highest BCUT2D eigenvalue weighted by atomic mass is 32.2. The van der Waals surface area contributed by atoms with E-state index in [1.807, 2.05) is 31.2 Å². The summed E-state index contributed by atoms with van der Waals surface area (Å²) >= 11 is 1.70. The Hall–Kier alpha value is -0.800. The van der Waals surface area contributed by atoms with Crippen LogP contribution in [-0.4, -0.2) is 30.0 Å². The SMILES string of the molecule is Cc1ccc(C(=O)CSC2COC2)cc1. The van der Waals surface area contributed by atoms with Crippen LogP contribution < -0.4 is 0 Å². The molecular weight excluding hydrogens is 208 g/mol. The van der Waals surface area contributed by atoms with Gasteiger partial charge in [-0.1, -0.05) is 29.8 Å². The highest BCUT2D eigenvalue weighted by Crippen LogP contribution is 2.20. The number of ketones is 1. The van der Waals surface area contributed by atoms with E-state index in [1.165, 1.54) is 5.56 Å². The predicted octanol–water partition coefficient (Wildman–Crippen LogP) is 2.31. The second-order valence-electron chi connectivity index (χ2n) is 3.76. The van der Waals surface area contributed by atoms with E-state index in [2.05, 4.69) is 0 Å². The van der Waals surface area contributed by atoms with E-state index in [4.69, 9.17) is 4.74 Å². The summed E-state index contributed by atoms with van der Waals surface area (Å²) < 4.78 is 5.06. The first-order valence-corrected chi connectivity index (χ1v) is 6.10. The van der Waals surface area contributed by atoms with Crippen molar-refractivity contribution in [3.05, 3.63) is 35.4 Å². The van der Waals surface area contributed by atoms with Gasteiger partial charge in [-0.05, 0) is 6.92 Å². The van der Waals surface area contributed by atoms with Gasteiger partial charge in [-0.3, -0.25) is 4.79 Å². The Bertz CT molecular complexity index is 341. The van der Waals surface area contributed by atoms with Crippen LogP contribution in [0.4, 0.5) is 0 Å². The number of carbonyl (C=O) groups is 1. The maximum Gasteiger partial charge on any atom is 0.172 e. The van der Waals surface area contributed by atoms with Gasteiger partial charge in [-0.15, -0.1) is 11.8 Å². The molecule has 1 aliphatic heterocycles. The minimum atomic E-state index is 0.215. The second kappa shape index (κ2) is 4.81. The van der Waals surface area contributed by atoms with Crippen LogP contribution >= 0.6 is 11.8 Å². The van der Waals surface area contributed by atoms with Gasteiger partial charge in [-0.2, -0.15) is 0 Å². The fraction of sp³-hybridized carbons (Fsp3) is 0.417. The zero-order valence-electron chi connectivity index (χ0n) is 8.73. The number of ether oxygens (including phenoxy) is 1. The van der Waals surface area contributed by atoms with Crippen LogP contribution in [0.3, 0.4) is 0 Å². The minimum Gasteiger partial charge on any atom is -0.379 e. The standard InChI is InChI=1S/C12H14O2S/c1-9-2-4-10(5-3-9)12(13)8-15-11-6-14-7-11/h2-5,11H,6-8H2,1H3. The number of Topliss-reactive ketones (excluding diaryl/α,β-unsaturated/α-hetero) is 1. The molecule has 15 heavy (non-hydrogen) atoms. The zero-order valence-corrected chi connectivity index (χ0v) is 9.55. The second-order valence-corrected chi connectivity index (χ2v) is 5.05.